The van der Waals surface area contributed by atoms with Crippen molar-refractivity contribution >= 4 is 0 Å². The first-order valence-corrected chi connectivity index (χ1v) is 7.37. The third-order valence-electron chi connectivity index (χ3n) is 3.44. The number of rotatable bonds is 5. The molecule has 0 amide bonds. The standard InChI is InChI=1S/C18H25NO2/c1-13-7-6-8-17(14(13)2)20-12-16-10-9-15(21-16)11-19-18(3,4)5/h6-10,19H,11-12H2,1-5H3. The summed E-state index contributed by atoms with van der Waals surface area (Å²) in [6.45, 7) is 11.8. The molecule has 0 spiro atoms. The Morgan fingerprint density at radius 2 is 1.76 bits per heavy atom. The molecule has 1 aromatic carbocycles. The quantitative estimate of drug-likeness (QED) is 0.887. The molecule has 114 valence electrons. The van der Waals surface area contributed by atoms with E-state index in [1.165, 1.54) is 11.1 Å². The Hall–Kier alpha value is -1.74. The van der Waals surface area contributed by atoms with E-state index in [0.29, 0.717) is 6.61 Å². The van der Waals surface area contributed by atoms with Crippen molar-refractivity contribution in [2.45, 2.75) is 53.3 Å². The van der Waals surface area contributed by atoms with E-state index in [2.05, 4.69) is 46.0 Å². The predicted molar refractivity (Wildman–Crippen MR) is 85.5 cm³/mol. The molecule has 2 rings (SSSR count). The summed E-state index contributed by atoms with van der Waals surface area (Å²) in [6, 6.07) is 10.1. The highest BCUT2D eigenvalue weighted by atomic mass is 16.5. The van der Waals surface area contributed by atoms with Crippen LogP contribution in [-0.2, 0) is 13.2 Å². The van der Waals surface area contributed by atoms with E-state index in [1.807, 2.05) is 24.3 Å². The smallest absolute Gasteiger partial charge is 0.146 e. The minimum atomic E-state index is 0.0854. The summed E-state index contributed by atoms with van der Waals surface area (Å²) in [7, 11) is 0. The second-order valence-corrected chi connectivity index (χ2v) is 6.46. The number of nitrogens with one attached hydrogen (secondary N) is 1. The molecular weight excluding hydrogens is 262 g/mol. The fourth-order valence-electron chi connectivity index (χ4n) is 1.98. The molecule has 0 atom stereocenters. The maximum Gasteiger partial charge on any atom is 0.146 e. The maximum atomic E-state index is 5.85. The van der Waals surface area contributed by atoms with Crippen LogP contribution in [0.25, 0.3) is 0 Å². The van der Waals surface area contributed by atoms with Gasteiger partial charge < -0.3 is 14.5 Å². The molecular formula is C18H25NO2. The predicted octanol–water partition coefficient (Wildman–Crippen LogP) is 4.36. The molecule has 0 aliphatic rings. The molecule has 21 heavy (non-hydrogen) atoms. The van der Waals surface area contributed by atoms with Crippen LogP contribution in [-0.4, -0.2) is 5.54 Å². The van der Waals surface area contributed by atoms with Crippen LogP contribution < -0.4 is 10.1 Å². The van der Waals surface area contributed by atoms with Crippen molar-refractivity contribution in [2.24, 2.45) is 0 Å². The SMILES string of the molecule is Cc1cccc(OCc2ccc(CNC(C)(C)C)o2)c1C. The molecule has 0 unspecified atom stereocenters. The van der Waals surface area contributed by atoms with Crippen molar-refractivity contribution in [1.29, 1.82) is 0 Å². The van der Waals surface area contributed by atoms with Gasteiger partial charge in [0.1, 0.15) is 23.9 Å². The largest absolute Gasteiger partial charge is 0.485 e. The lowest BCUT2D eigenvalue weighted by molar-refractivity contribution is 0.261. The van der Waals surface area contributed by atoms with E-state index in [0.717, 1.165) is 23.8 Å². The molecule has 0 radical (unpaired) electrons. The second kappa shape index (κ2) is 6.35. The Morgan fingerprint density at radius 3 is 2.48 bits per heavy atom. The molecule has 0 fully saturated rings. The van der Waals surface area contributed by atoms with Crippen molar-refractivity contribution in [3.05, 3.63) is 53.0 Å². The third-order valence-corrected chi connectivity index (χ3v) is 3.44. The Bertz CT molecular complexity index is 594. The first-order valence-electron chi connectivity index (χ1n) is 7.37. The average Bonchev–Trinajstić information content (AvgIpc) is 2.85. The van der Waals surface area contributed by atoms with Crippen molar-refractivity contribution in [3.8, 4) is 5.75 Å². The summed E-state index contributed by atoms with van der Waals surface area (Å²) in [4.78, 5) is 0. The molecule has 1 N–H and O–H groups in total. The van der Waals surface area contributed by atoms with Crippen LogP contribution in [0.2, 0.25) is 0 Å². The molecule has 1 heterocycles. The van der Waals surface area contributed by atoms with E-state index in [-0.39, 0.29) is 5.54 Å². The Balaban J connectivity index is 1.92. The lowest BCUT2D eigenvalue weighted by Crippen LogP contribution is -2.34. The minimum absolute atomic E-state index is 0.0854. The van der Waals surface area contributed by atoms with Crippen LogP contribution in [0.4, 0.5) is 0 Å². The van der Waals surface area contributed by atoms with E-state index >= 15 is 0 Å². The number of aryl methyl sites for hydroxylation is 1. The van der Waals surface area contributed by atoms with Crippen molar-refractivity contribution in [3.63, 3.8) is 0 Å². The van der Waals surface area contributed by atoms with Gasteiger partial charge in [-0.3, -0.25) is 0 Å². The van der Waals surface area contributed by atoms with Gasteiger partial charge in [-0.25, -0.2) is 0 Å². The molecule has 1 aromatic heterocycles. The van der Waals surface area contributed by atoms with E-state index in [4.69, 9.17) is 9.15 Å². The first kappa shape index (κ1) is 15.6. The summed E-state index contributed by atoms with van der Waals surface area (Å²) in [5.74, 6) is 2.70. The van der Waals surface area contributed by atoms with Gasteiger partial charge in [-0.2, -0.15) is 0 Å². The lowest BCUT2D eigenvalue weighted by atomic mass is 10.1. The molecule has 0 saturated heterocycles. The van der Waals surface area contributed by atoms with Gasteiger partial charge in [0.2, 0.25) is 0 Å². The lowest BCUT2D eigenvalue weighted by Gasteiger charge is -2.19. The summed E-state index contributed by atoms with van der Waals surface area (Å²) in [5.41, 5.74) is 2.50. The first-order chi connectivity index (χ1) is 9.85. The summed E-state index contributed by atoms with van der Waals surface area (Å²) < 4.78 is 11.6. The monoisotopic (exact) mass is 287 g/mol. The van der Waals surface area contributed by atoms with Crippen molar-refractivity contribution in [1.82, 2.24) is 5.32 Å². The van der Waals surface area contributed by atoms with Gasteiger partial charge in [-0.1, -0.05) is 12.1 Å². The highest BCUT2D eigenvalue weighted by Gasteiger charge is 2.10. The van der Waals surface area contributed by atoms with Gasteiger partial charge in [0.25, 0.3) is 0 Å². The van der Waals surface area contributed by atoms with Gasteiger partial charge in [-0.05, 0) is 63.9 Å². The van der Waals surface area contributed by atoms with Crippen LogP contribution in [0.15, 0.2) is 34.7 Å². The van der Waals surface area contributed by atoms with E-state index in [9.17, 15) is 0 Å². The van der Waals surface area contributed by atoms with E-state index in [1.54, 1.807) is 0 Å². The number of ether oxygens (including phenoxy) is 1. The summed E-state index contributed by atoms with van der Waals surface area (Å²) >= 11 is 0. The van der Waals surface area contributed by atoms with Crippen molar-refractivity contribution in [2.75, 3.05) is 0 Å². The Morgan fingerprint density at radius 1 is 1.05 bits per heavy atom. The molecule has 3 nitrogen and oxygen atoms in total. The van der Waals surface area contributed by atoms with Crippen LogP contribution in [0, 0.1) is 13.8 Å². The molecule has 3 heteroatoms. The average molecular weight is 287 g/mol. The van der Waals surface area contributed by atoms with Crippen LogP contribution in [0.3, 0.4) is 0 Å². The van der Waals surface area contributed by atoms with Crippen LogP contribution in [0.1, 0.15) is 43.4 Å². The summed E-state index contributed by atoms with van der Waals surface area (Å²) in [6.07, 6.45) is 0. The molecule has 0 aliphatic carbocycles. The fraction of sp³-hybridized carbons (Fsp3) is 0.444. The highest BCUT2D eigenvalue weighted by Crippen LogP contribution is 2.22. The zero-order valence-electron chi connectivity index (χ0n) is 13.6. The fourth-order valence-corrected chi connectivity index (χ4v) is 1.98. The molecule has 0 aliphatic heterocycles. The third kappa shape index (κ3) is 4.64. The number of furan rings is 1. The highest BCUT2D eigenvalue weighted by molar-refractivity contribution is 5.38. The van der Waals surface area contributed by atoms with Gasteiger partial charge in [0.05, 0.1) is 6.54 Å². The molecule has 2 aromatic rings. The van der Waals surface area contributed by atoms with Gasteiger partial charge >= 0.3 is 0 Å². The maximum absolute atomic E-state index is 5.85. The van der Waals surface area contributed by atoms with Gasteiger partial charge in [0.15, 0.2) is 0 Å². The normalized spacial score (nSPS) is 11.7. The van der Waals surface area contributed by atoms with Crippen LogP contribution >= 0.6 is 0 Å². The van der Waals surface area contributed by atoms with Crippen LogP contribution in [0.5, 0.6) is 5.75 Å². The Kier molecular flexibility index (Phi) is 4.73. The molecule has 0 bridgehead atoms. The second-order valence-electron chi connectivity index (χ2n) is 6.46. The topological polar surface area (TPSA) is 34.4 Å². The number of hydrogen-bond donors (Lipinski definition) is 1. The summed E-state index contributed by atoms with van der Waals surface area (Å²) in [5, 5.41) is 3.41. The van der Waals surface area contributed by atoms with E-state index < -0.39 is 0 Å². The molecule has 0 saturated carbocycles. The Labute approximate surface area is 127 Å². The number of hydrogen-bond acceptors (Lipinski definition) is 3. The van der Waals surface area contributed by atoms with Gasteiger partial charge in [0, 0.05) is 5.54 Å². The van der Waals surface area contributed by atoms with Crippen molar-refractivity contribution < 1.29 is 9.15 Å². The minimum Gasteiger partial charge on any atom is -0.485 e. The zero-order chi connectivity index (χ0) is 15.5. The number of benzene rings is 1. The zero-order valence-corrected chi connectivity index (χ0v) is 13.6. The van der Waals surface area contributed by atoms with Gasteiger partial charge in [-0.15, -0.1) is 0 Å².